The van der Waals surface area contributed by atoms with Gasteiger partial charge in [-0.25, -0.2) is 0 Å². The summed E-state index contributed by atoms with van der Waals surface area (Å²) < 4.78 is 1.31. The van der Waals surface area contributed by atoms with Crippen LogP contribution in [0.25, 0.3) is 0 Å². The van der Waals surface area contributed by atoms with Crippen molar-refractivity contribution >= 4 is 25.2 Å². The number of ketones is 1. The average Bonchev–Trinajstić information content (AvgIpc) is 2.15. The third kappa shape index (κ3) is 3.75. The second kappa shape index (κ2) is 5.21. The minimum atomic E-state index is 0.186. The van der Waals surface area contributed by atoms with Crippen LogP contribution in [0.15, 0.2) is 30.3 Å². The van der Waals surface area contributed by atoms with Gasteiger partial charge in [-0.15, -0.1) is 0 Å². The molecule has 70 valence electrons. The molecule has 0 spiro atoms. The van der Waals surface area contributed by atoms with Crippen LogP contribution in [0, 0.1) is 5.92 Å². The van der Waals surface area contributed by atoms with E-state index in [0.717, 1.165) is 5.32 Å². The molecule has 0 heterocycles. The van der Waals surface area contributed by atoms with Gasteiger partial charge in [0.25, 0.3) is 0 Å². The molecule has 1 aromatic rings. The molecule has 0 amide bonds. The van der Waals surface area contributed by atoms with Crippen LogP contribution in [0.1, 0.15) is 13.8 Å². The van der Waals surface area contributed by atoms with E-state index in [-0.39, 0.29) is 5.92 Å². The van der Waals surface area contributed by atoms with Gasteiger partial charge in [-0.3, -0.25) is 0 Å². The summed E-state index contributed by atoms with van der Waals surface area (Å²) in [6.07, 6.45) is 0. The van der Waals surface area contributed by atoms with Crippen molar-refractivity contribution in [1.29, 1.82) is 0 Å². The van der Waals surface area contributed by atoms with Gasteiger partial charge >= 0.3 is 85.4 Å². The maximum atomic E-state index is 11.3. The van der Waals surface area contributed by atoms with Gasteiger partial charge in [0.1, 0.15) is 0 Å². The van der Waals surface area contributed by atoms with E-state index in [9.17, 15) is 4.79 Å². The summed E-state index contributed by atoms with van der Waals surface area (Å²) in [6, 6.07) is 10.2. The van der Waals surface area contributed by atoms with Crippen molar-refractivity contribution in [3.8, 4) is 0 Å². The van der Waals surface area contributed by atoms with Crippen molar-refractivity contribution in [1.82, 2.24) is 0 Å². The number of benzene rings is 1. The van der Waals surface area contributed by atoms with E-state index in [0.29, 0.717) is 20.7 Å². The van der Waals surface area contributed by atoms with Crippen LogP contribution >= 0.6 is 0 Å². The van der Waals surface area contributed by atoms with Gasteiger partial charge in [0.15, 0.2) is 0 Å². The van der Waals surface area contributed by atoms with Crippen molar-refractivity contribution in [2.24, 2.45) is 5.92 Å². The van der Waals surface area contributed by atoms with Crippen LogP contribution in [0.5, 0.6) is 0 Å². The quantitative estimate of drug-likeness (QED) is 0.733. The second-order valence-electron chi connectivity index (χ2n) is 3.22. The first-order valence-corrected chi connectivity index (χ1v) is 6.47. The molecule has 0 saturated heterocycles. The number of hydrogen-bond donors (Lipinski definition) is 0. The number of carbonyl (C=O) groups excluding carboxylic acids is 1. The van der Waals surface area contributed by atoms with Gasteiger partial charge in [0.05, 0.1) is 0 Å². The predicted molar refractivity (Wildman–Crippen MR) is 56.5 cm³/mol. The summed E-state index contributed by atoms with van der Waals surface area (Å²) in [4.78, 5) is 11.3. The summed E-state index contributed by atoms with van der Waals surface area (Å²) in [5.41, 5.74) is 0. The van der Waals surface area contributed by atoms with E-state index in [2.05, 4.69) is 12.1 Å². The molecule has 13 heavy (non-hydrogen) atoms. The molecule has 0 aliphatic heterocycles. The Balaban J connectivity index is 2.40. The number of hydrogen-bond acceptors (Lipinski definition) is 1. The Morgan fingerprint density at radius 2 is 1.92 bits per heavy atom. The molecule has 0 bridgehead atoms. The average molecular weight is 241 g/mol. The van der Waals surface area contributed by atoms with E-state index in [1.165, 1.54) is 4.46 Å². The molecule has 1 rings (SSSR count). The van der Waals surface area contributed by atoms with Crippen LogP contribution in [-0.4, -0.2) is 20.7 Å². The van der Waals surface area contributed by atoms with Gasteiger partial charge in [-0.1, -0.05) is 0 Å². The molecule has 2 heteroatoms. The summed E-state index contributed by atoms with van der Waals surface area (Å²) in [5.74, 6) is 0.564. The molecule has 0 radical (unpaired) electrons. The van der Waals surface area contributed by atoms with E-state index < -0.39 is 0 Å². The summed E-state index contributed by atoms with van der Waals surface area (Å²) in [7, 11) is 0. The Morgan fingerprint density at radius 1 is 1.31 bits per heavy atom. The topological polar surface area (TPSA) is 17.1 Å². The van der Waals surface area contributed by atoms with Gasteiger partial charge < -0.3 is 0 Å². The first-order valence-electron chi connectivity index (χ1n) is 4.40. The molecule has 0 atom stereocenters. The SMILES string of the molecule is CC(C)C(=O)C[Se]c1ccccc1. The normalized spacial score (nSPS) is 10.4. The molecular weight excluding hydrogens is 227 g/mol. The fourth-order valence-corrected chi connectivity index (χ4v) is 2.92. The van der Waals surface area contributed by atoms with Crippen LogP contribution in [0.4, 0.5) is 0 Å². The van der Waals surface area contributed by atoms with E-state index >= 15 is 0 Å². The first-order chi connectivity index (χ1) is 6.20. The minimum absolute atomic E-state index is 0.186. The number of rotatable bonds is 4. The number of Topliss-reactive ketones (excluding diaryl/α,β-unsaturated/α-hetero) is 1. The van der Waals surface area contributed by atoms with Crippen molar-refractivity contribution in [2.45, 2.75) is 19.2 Å². The zero-order valence-corrected chi connectivity index (χ0v) is 9.70. The Morgan fingerprint density at radius 3 is 2.46 bits per heavy atom. The summed E-state index contributed by atoms with van der Waals surface area (Å²) >= 11 is 0.322. The van der Waals surface area contributed by atoms with Crippen LogP contribution in [-0.2, 0) is 4.79 Å². The van der Waals surface area contributed by atoms with Crippen LogP contribution in [0.2, 0.25) is 5.32 Å². The Kier molecular flexibility index (Phi) is 4.20. The predicted octanol–water partition coefficient (Wildman–Crippen LogP) is 1.66. The fraction of sp³-hybridized carbons (Fsp3) is 0.364. The van der Waals surface area contributed by atoms with Crippen molar-refractivity contribution in [2.75, 3.05) is 0 Å². The molecule has 0 aliphatic carbocycles. The Labute approximate surface area is 85.7 Å². The second-order valence-corrected chi connectivity index (χ2v) is 5.42. The van der Waals surface area contributed by atoms with Gasteiger partial charge in [-0.05, 0) is 0 Å². The van der Waals surface area contributed by atoms with E-state index in [4.69, 9.17) is 0 Å². The zero-order chi connectivity index (χ0) is 9.68. The Hall–Kier alpha value is -0.591. The van der Waals surface area contributed by atoms with E-state index in [1.807, 2.05) is 32.0 Å². The Bertz CT molecular complexity index is 267. The fourth-order valence-electron chi connectivity index (χ4n) is 0.838. The number of carbonyl (C=O) groups is 1. The third-order valence-corrected chi connectivity index (χ3v) is 3.94. The summed E-state index contributed by atoms with van der Waals surface area (Å²) in [6.45, 7) is 3.92. The molecule has 0 fully saturated rings. The molecule has 0 aromatic heterocycles. The first kappa shape index (κ1) is 10.5. The molecule has 1 nitrogen and oxygen atoms in total. The summed E-state index contributed by atoms with van der Waals surface area (Å²) in [5, 5.41) is 0.731. The van der Waals surface area contributed by atoms with Gasteiger partial charge in [0.2, 0.25) is 0 Å². The third-order valence-electron chi connectivity index (χ3n) is 1.77. The molecule has 0 aliphatic rings. The molecule has 0 N–H and O–H groups in total. The molecule has 0 unspecified atom stereocenters. The molecule has 0 saturated carbocycles. The van der Waals surface area contributed by atoms with Crippen molar-refractivity contribution in [3.63, 3.8) is 0 Å². The van der Waals surface area contributed by atoms with Crippen molar-refractivity contribution in [3.05, 3.63) is 30.3 Å². The van der Waals surface area contributed by atoms with Crippen LogP contribution < -0.4 is 4.46 Å². The molecule has 1 aromatic carbocycles. The van der Waals surface area contributed by atoms with Crippen LogP contribution in [0.3, 0.4) is 0 Å². The molecular formula is C11H14OSe. The monoisotopic (exact) mass is 242 g/mol. The van der Waals surface area contributed by atoms with Gasteiger partial charge in [0, 0.05) is 0 Å². The standard InChI is InChI=1S/C11H14OSe/c1-9(2)11(12)8-13-10-6-4-3-5-7-10/h3-7,9H,8H2,1-2H3. The van der Waals surface area contributed by atoms with Crippen molar-refractivity contribution < 1.29 is 4.79 Å². The zero-order valence-electron chi connectivity index (χ0n) is 7.99. The maximum absolute atomic E-state index is 11.3. The van der Waals surface area contributed by atoms with Gasteiger partial charge in [-0.2, -0.15) is 0 Å². The van der Waals surface area contributed by atoms with E-state index in [1.54, 1.807) is 0 Å².